The zero-order chi connectivity index (χ0) is 20.0. The second kappa shape index (κ2) is 8.67. The van der Waals surface area contributed by atoms with Crippen LogP contribution in [0.2, 0.25) is 0 Å². The highest BCUT2D eigenvalue weighted by Gasteiger charge is 2.31. The molecule has 1 amide bonds. The van der Waals surface area contributed by atoms with Crippen LogP contribution in [0.1, 0.15) is 32.3 Å². The van der Waals surface area contributed by atoms with Crippen LogP contribution in [0.15, 0.2) is 34.9 Å². The molecule has 0 bridgehead atoms. The van der Waals surface area contributed by atoms with Gasteiger partial charge in [-0.3, -0.25) is 4.79 Å². The lowest BCUT2D eigenvalue weighted by Crippen LogP contribution is -2.33. The third-order valence-corrected chi connectivity index (χ3v) is 3.56. The van der Waals surface area contributed by atoms with Crippen molar-refractivity contribution in [2.75, 3.05) is 27.4 Å². The van der Waals surface area contributed by atoms with E-state index in [-0.39, 0.29) is 36.8 Å². The minimum absolute atomic E-state index is 0.0341. The second-order valence-corrected chi connectivity index (χ2v) is 5.42. The Morgan fingerprint density at radius 2 is 2.00 bits per heavy atom. The summed E-state index contributed by atoms with van der Waals surface area (Å²) >= 11 is 0. The van der Waals surface area contributed by atoms with Crippen molar-refractivity contribution in [2.45, 2.75) is 12.7 Å². The van der Waals surface area contributed by atoms with Crippen LogP contribution in [0.3, 0.4) is 0 Å². The van der Waals surface area contributed by atoms with Crippen LogP contribution in [0.25, 0.3) is 0 Å². The number of nitrogens with zero attached hydrogens (tertiary/aromatic N) is 2. The van der Waals surface area contributed by atoms with Crippen molar-refractivity contribution in [1.82, 2.24) is 9.88 Å². The third kappa shape index (κ3) is 5.30. The minimum Gasteiger partial charge on any atom is -0.464 e. The number of aromatic nitrogens is 1. The summed E-state index contributed by atoms with van der Waals surface area (Å²) in [6, 6.07) is 4.10. The molecule has 0 aliphatic carbocycles. The van der Waals surface area contributed by atoms with Gasteiger partial charge in [0.05, 0.1) is 25.8 Å². The molecule has 7 nitrogen and oxygen atoms in total. The second-order valence-electron chi connectivity index (χ2n) is 5.42. The van der Waals surface area contributed by atoms with Gasteiger partial charge in [-0.05, 0) is 18.2 Å². The smallest absolute Gasteiger partial charge is 0.416 e. The van der Waals surface area contributed by atoms with Crippen molar-refractivity contribution in [2.24, 2.45) is 0 Å². The largest absolute Gasteiger partial charge is 0.464 e. The number of halogens is 3. The maximum Gasteiger partial charge on any atom is 0.416 e. The summed E-state index contributed by atoms with van der Waals surface area (Å²) < 4.78 is 53.2. The molecule has 2 rings (SSSR count). The first-order chi connectivity index (χ1) is 12.8. The molecule has 0 fully saturated rings. The molecule has 1 aromatic heterocycles. The first-order valence-corrected chi connectivity index (χ1v) is 7.74. The average Bonchev–Trinajstić information content (AvgIpc) is 3.12. The Bertz CT molecular complexity index is 804. The van der Waals surface area contributed by atoms with Gasteiger partial charge in [-0.15, -0.1) is 0 Å². The molecule has 0 aliphatic rings. The maximum atomic E-state index is 12.9. The topological polar surface area (TPSA) is 81.9 Å². The standard InChI is InChI=1S/C17H17F3N2O5/c1-25-7-6-22(9-14-21-13(10-27-14)16(24)26-2)15(23)11-4-3-5-12(8-11)17(18,19)20/h3-5,8,10H,6-7,9H2,1-2H3. The van der Waals surface area contributed by atoms with Crippen molar-refractivity contribution in [3.05, 3.63) is 53.2 Å². The molecule has 0 unspecified atom stereocenters. The van der Waals surface area contributed by atoms with E-state index in [1.807, 2.05) is 0 Å². The van der Waals surface area contributed by atoms with Gasteiger partial charge in [-0.1, -0.05) is 6.07 Å². The van der Waals surface area contributed by atoms with Crippen molar-refractivity contribution < 1.29 is 36.7 Å². The molecule has 146 valence electrons. The van der Waals surface area contributed by atoms with Gasteiger partial charge in [0.1, 0.15) is 6.26 Å². The lowest BCUT2D eigenvalue weighted by Gasteiger charge is -2.21. The number of hydrogen-bond donors (Lipinski definition) is 0. The van der Waals surface area contributed by atoms with Crippen LogP contribution in [0, 0.1) is 0 Å². The number of hydrogen-bond acceptors (Lipinski definition) is 6. The van der Waals surface area contributed by atoms with Crippen molar-refractivity contribution in [1.29, 1.82) is 0 Å². The van der Waals surface area contributed by atoms with Crippen LogP contribution < -0.4 is 0 Å². The Hall–Kier alpha value is -2.88. The van der Waals surface area contributed by atoms with E-state index in [1.54, 1.807) is 0 Å². The van der Waals surface area contributed by atoms with E-state index in [4.69, 9.17) is 9.15 Å². The van der Waals surface area contributed by atoms with Crippen molar-refractivity contribution in [3.8, 4) is 0 Å². The number of amides is 1. The zero-order valence-electron chi connectivity index (χ0n) is 14.6. The monoisotopic (exact) mass is 386 g/mol. The molecule has 0 atom stereocenters. The molecule has 1 heterocycles. The summed E-state index contributed by atoms with van der Waals surface area (Å²) in [7, 11) is 2.60. The molecular weight excluding hydrogens is 369 g/mol. The Morgan fingerprint density at radius 1 is 1.26 bits per heavy atom. The van der Waals surface area contributed by atoms with Crippen molar-refractivity contribution in [3.63, 3.8) is 0 Å². The fourth-order valence-corrected chi connectivity index (χ4v) is 2.21. The number of ether oxygens (including phenoxy) is 2. The number of esters is 1. The van der Waals surface area contributed by atoms with Gasteiger partial charge in [0.15, 0.2) is 5.69 Å². The molecule has 1 aromatic carbocycles. The fraction of sp³-hybridized carbons (Fsp3) is 0.353. The number of alkyl halides is 3. The molecular formula is C17H17F3N2O5. The van der Waals surface area contributed by atoms with Crippen LogP contribution in [0.4, 0.5) is 13.2 Å². The normalized spacial score (nSPS) is 11.3. The van der Waals surface area contributed by atoms with Crippen LogP contribution in [-0.4, -0.2) is 49.1 Å². The SMILES string of the molecule is COCCN(Cc1nc(C(=O)OC)co1)C(=O)c1cccc(C(F)(F)F)c1. The number of benzene rings is 1. The zero-order valence-corrected chi connectivity index (χ0v) is 14.6. The van der Waals surface area contributed by atoms with E-state index in [9.17, 15) is 22.8 Å². The van der Waals surface area contributed by atoms with E-state index >= 15 is 0 Å². The van der Waals surface area contributed by atoms with Gasteiger partial charge >= 0.3 is 12.1 Å². The van der Waals surface area contributed by atoms with E-state index in [0.29, 0.717) is 0 Å². The molecule has 0 radical (unpaired) electrons. The van der Waals surface area contributed by atoms with Gasteiger partial charge in [-0.25, -0.2) is 9.78 Å². The predicted molar refractivity (Wildman–Crippen MR) is 85.9 cm³/mol. The van der Waals surface area contributed by atoms with E-state index in [0.717, 1.165) is 24.5 Å². The minimum atomic E-state index is -4.56. The summed E-state index contributed by atoms with van der Waals surface area (Å²) in [5.41, 5.74) is -1.14. The average molecular weight is 386 g/mol. The van der Waals surface area contributed by atoms with Crippen LogP contribution in [-0.2, 0) is 22.2 Å². The van der Waals surface area contributed by atoms with E-state index in [2.05, 4.69) is 9.72 Å². The molecule has 0 N–H and O–H groups in total. The Kier molecular flexibility index (Phi) is 6.56. The number of oxazole rings is 1. The molecule has 10 heteroatoms. The van der Waals surface area contributed by atoms with E-state index < -0.39 is 23.6 Å². The van der Waals surface area contributed by atoms with Crippen LogP contribution in [0.5, 0.6) is 0 Å². The summed E-state index contributed by atoms with van der Waals surface area (Å²) in [4.78, 5) is 29.2. The van der Waals surface area contributed by atoms with Crippen molar-refractivity contribution >= 4 is 11.9 Å². The first kappa shape index (κ1) is 20.4. The van der Waals surface area contributed by atoms with Gasteiger partial charge in [-0.2, -0.15) is 13.2 Å². The summed E-state index contributed by atoms with van der Waals surface area (Å²) in [5.74, 6) is -1.33. The maximum absolute atomic E-state index is 12.9. The Labute approximate surface area is 152 Å². The quantitative estimate of drug-likeness (QED) is 0.681. The molecule has 0 spiro atoms. The fourth-order valence-electron chi connectivity index (χ4n) is 2.21. The third-order valence-electron chi connectivity index (χ3n) is 3.56. The highest BCUT2D eigenvalue weighted by Crippen LogP contribution is 2.29. The number of carbonyl (C=O) groups is 2. The summed E-state index contributed by atoms with van der Waals surface area (Å²) in [6.45, 7) is 0.0756. The van der Waals surface area contributed by atoms with Gasteiger partial charge in [0.25, 0.3) is 5.91 Å². The highest BCUT2D eigenvalue weighted by molar-refractivity contribution is 5.94. The molecule has 27 heavy (non-hydrogen) atoms. The Balaban J connectivity index is 2.23. The number of carbonyl (C=O) groups excluding carboxylic acids is 2. The summed E-state index contributed by atoms with van der Waals surface area (Å²) in [6.07, 6.45) is -3.49. The molecule has 0 saturated heterocycles. The predicted octanol–water partition coefficient (Wildman–Crippen LogP) is 2.77. The number of rotatable bonds is 7. The molecule has 0 saturated carbocycles. The van der Waals surface area contributed by atoms with Gasteiger partial charge < -0.3 is 18.8 Å². The van der Waals surface area contributed by atoms with Gasteiger partial charge in [0.2, 0.25) is 5.89 Å². The highest BCUT2D eigenvalue weighted by atomic mass is 19.4. The van der Waals surface area contributed by atoms with Crippen LogP contribution >= 0.6 is 0 Å². The molecule has 2 aromatic rings. The summed E-state index contributed by atoms with van der Waals surface area (Å²) in [5, 5.41) is 0. The first-order valence-electron chi connectivity index (χ1n) is 7.74. The molecule has 0 aliphatic heterocycles. The Morgan fingerprint density at radius 3 is 2.63 bits per heavy atom. The van der Waals surface area contributed by atoms with E-state index in [1.165, 1.54) is 25.2 Å². The van der Waals surface area contributed by atoms with Gasteiger partial charge in [0, 0.05) is 19.2 Å². The lowest BCUT2D eigenvalue weighted by molar-refractivity contribution is -0.137. The number of methoxy groups -OCH3 is 2. The lowest BCUT2D eigenvalue weighted by atomic mass is 10.1.